The summed E-state index contributed by atoms with van der Waals surface area (Å²) in [5.41, 5.74) is 3.23. The third-order valence-electron chi connectivity index (χ3n) is 5.24. The smallest absolute Gasteiger partial charge is 0.251 e. The molecule has 1 amide bonds. The SMILES string of the molecule is COc1ccccc1-c1nnc2ccc(OCCNC(=O)c3ccc(C(C)(C)C)cc3)nn12. The molecule has 4 rings (SSSR count). The topological polar surface area (TPSA) is 90.6 Å². The van der Waals surface area contributed by atoms with Crippen molar-refractivity contribution < 1.29 is 14.3 Å². The maximum Gasteiger partial charge on any atom is 0.251 e. The van der Waals surface area contributed by atoms with Gasteiger partial charge in [-0.3, -0.25) is 4.79 Å². The van der Waals surface area contributed by atoms with Crippen molar-refractivity contribution in [2.24, 2.45) is 0 Å². The molecule has 0 spiro atoms. The number of hydrogen-bond acceptors (Lipinski definition) is 6. The molecule has 0 saturated heterocycles. The highest BCUT2D eigenvalue weighted by Crippen LogP contribution is 2.28. The number of methoxy groups -OCH3 is 1. The summed E-state index contributed by atoms with van der Waals surface area (Å²) < 4.78 is 12.8. The zero-order valence-corrected chi connectivity index (χ0v) is 19.2. The van der Waals surface area contributed by atoms with Gasteiger partial charge in [-0.05, 0) is 41.3 Å². The van der Waals surface area contributed by atoms with Gasteiger partial charge in [0.15, 0.2) is 11.5 Å². The Hall–Kier alpha value is -3.94. The highest BCUT2D eigenvalue weighted by molar-refractivity contribution is 5.94. The van der Waals surface area contributed by atoms with Gasteiger partial charge in [0.1, 0.15) is 12.4 Å². The van der Waals surface area contributed by atoms with Crippen LogP contribution in [-0.4, -0.2) is 46.0 Å². The summed E-state index contributed by atoms with van der Waals surface area (Å²) in [5, 5.41) is 15.8. The van der Waals surface area contributed by atoms with Gasteiger partial charge < -0.3 is 14.8 Å². The van der Waals surface area contributed by atoms with Crippen molar-refractivity contribution in [1.29, 1.82) is 0 Å². The number of carbonyl (C=O) groups excluding carboxylic acids is 1. The monoisotopic (exact) mass is 445 g/mol. The van der Waals surface area contributed by atoms with Crippen LogP contribution < -0.4 is 14.8 Å². The lowest BCUT2D eigenvalue weighted by Gasteiger charge is -2.19. The predicted molar refractivity (Wildman–Crippen MR) is 126 cm³/mol. The van der Waals surface area contributed by atoms with E-state index in [1.54, 1.807) is 23.8 Å². The van der Waals surface area contributed by atoms with Gasteiger partial charge in [0.05, 0.1) is 19.2 Å². The van der Waals surface area contributed by atoms with E-state index < -0.39 is 0 Å². The van der Waals surface area contributed by atoms with Crippen LogP contribution in [0.5, 0.6) is 11.6 Å². The maximum atomic E-state index is 12.4. The Morgan fingerprint density at radius 3 is 2.48 bits per heavy atom. The van der Waals surface area contributed by atoms with Crippen molar-refractivity contribution in [1.82, 2.24) is 25.1 Å². The van der Waals surface area contributed by atoms with Crippen molar-refractivity contribution in [3.05, 3.63) is 71.8 Å². The van der Waals surface area contributed by atoms with Crippen LogP contribution in [0.1, 0.15) is 36.7 Å². The Morgan fingerprint density at radius 2 is 1.76 bits per heavy atom. The molecule has 2 aromatic carbocycles. The molecule has 2 aromatic heterocycles. The van der Waals surface area contributed by atoms with E-state index in [-0.39, 0.29) is 17.9 Å². The molecule has 33 heavy (non-hydrogen) atoms. The molecule has 0 saturated carbocycles. The molecule has 2 heterocycles. The molecule has 1 N–H and O–H groups in total. The molecule has 0 aliphatic carbocycles. The predicted octanol–water partition coefficient (Wildman–Crippen LogP) is 3.91. The fourth-order valence-corrected chi connectivity index (χ4v) is 3.39. The van der Waals surface area contributed by atoms with Crippen LogP contribution in [0, 0.1) is 0 Å². The second-order valence-electron chi connectivity index (χ2n) is 8.60. The van der Waals surface area contributed by atoms with E-state index in [9.17, 15) is 4.79 Å². The average molecular weight is 446 g/mol. The van der Waals surface area contributed by atoms with E-state index in [0.29, 0.717) is 35.2 Å². The maximum absolute atomic E-state index is 12.4. The minimum absolute atomic E-state index is 0.0488. The van der Waals surface area contributed by atoms with Crippen molar-refractivity contribution in [2.75, 3.05) is 20.3 Å². The average Bonchev–Trinajstić information content (AvgIpc) is 3.24. The first kappa shape index (κ1) is 22.3. The van der Waals surface area contributed by atoms with Gasteiger partial charge in [-0.25, -0.2) is 0 Å². The lowest BCUT2D eigenvalue weighted by atomic mass is 9.87. The van der Waals surface area contributed by atoms with Crippen molar-refractivity contribution in [3.8, 4) is 23.0 Å². The highest BCUT2D eigenvalue weighted by Gasteiger charge is 2.15. The first-order valence-corrected chi connectivity index (χ1v) is 10.7. The molecule has 0 aliphatic rings. The molecule has 8 heteroatoms. The second kappa shape index (κ2) is 9.28. The first-order valence-electron chi connectivity index (χ1n) is 10.7. The zero-order chi connectivity index (χ0) is 23.4. The fraction of sp³-hybridized carbons (Fsp3) is 0.280. The third-order valence-corrected chi connectivity index (χ3v) is 5.24. The largest absolute Gasteiger partial charge is 0.496 e. The number of para-hydroxylation sites is 1. The standard InChI is InChI=1S/C25H27N5O3/c1-25(2,3)18-11-9-17(10-12-18)24(31)26-15-16-33-22-14-13-21-27-28-23(30(21)29-22)19-7-5-6-8-20(19)32-4/h5-14H,15-16H2,1-4H3,(H,26,31). The van der Waals surface area contributed by atoms with E-state index in [2.05, 4.69) is 41.4 Å². The van der Waals surface area contributed by atoms with Crippen LogP contribution >= 0.6 is 0 Å². The minimum atomic E-state index is -0.139. The molecule has 170 valence electrons. The molecule has 0 bridgehead atoms. The molecular weight excluding hydrogens is 418 g/mol. The van der Waals surface area contributed by atoms with Crippen LogP contribution in [0.2, 0.25) is 0 Å². The summed E-state index contributed by atoms with van der Waals surface area (Å²) in [6.07, 6.45) is 0. The van der Waals surface area contributed by atoms with E-state index in [0.717, 1.165) is 5.56 Å². The summed E-state index contributed by atoms with van der Waals surface area (Å²) in [6.45, 7) is 7.05. The molecule has 8 nitrogen and oxygen atoms in total. The summed E-state index contributed by atoms with van der Waals surface area (Å²) in [4.78, 5) is 12.4. The van der Waals surface area contributed by atoms with E-state index in [1.165, 1.54) is 5.56 Å². The zero-order valence-electron chi connectivity index (χ0n) is 19.2. The quantitative estimate of drug-likeness (QED) is 0.434. The van der Waals surface area contributed by atoms with Gasteiger partial charge in [0.25, 0.3) is 5.91 Å². The number of fused-ring (bicyclic) bond motifs is 1. The summed E-state index contributed by atoms with van der Waals surface area (Å²) >= 11 is 0. The molecule has 0 atom stereocenters. The van der Waals surface area contributed by atoms with Crippen LogP contribution in [0.15, 0.2) is 60.7 Å². The van der Waals surface area contributed by atoms with Crippen LogP contribution in [0.25, 0.3) is 17.0 Å². The van der Waals surface area contributed by atoms with E-state index in [1.807, 2.05) is 48.5 Å². The number of nitrogens with one attached hydrogen (secondary N) is 1. The molecule has 4 aromatic rings. The van der Waals surface area contributed by atoms with Crippen molar-refractivity contribution in [3.63, 3.8) is 0 Å². The van der Waals surface area contributed by atoms with Gasteiger partial charge in [-0.1, -0.05) is 45.0 Å². The number of nitrogens with zero attached hydrogens (tertiary/aromatic N) is 4. The van der Waals surface area contributed by atoms with Crippen molar-refractivity contribution in [2.45, 2.75) is 26.2 Å². The van der Waals surface area contributed by atoms with Gasteiger partial charge >= 0.3 is 0 Å². The van der Waals surface area contributed by atoms with Crippen molar-refractivity contribution >= 4 is 11.6 Å². The number of carbonyl (C=O) groups is 1. The number of rotatable bonds is 7. The number of amides is 1. The molecule has 0 unspecified atom stereocenters. The number of aromatic nitrogens is 4. The van der Waals surface area contributed by atoms with Gasteiger partial charge in [0, 0.05) is 11.6 Å². The lowest BCUT2D eigenvalue weighted by molar-refractivity contribution is 0.0946. The van der Waals surface area contributed by atoms with Gasteiger partial charge in [-0.2, -0.15) is 4.52 Å². The van der Waals surface area contributed by atoms with E-state index >= 15 is 0 Å². The van der Waals surface area contributed by atoms with Crippen LogP contribution in [0.4, 0.5) is 0 Å². The van der Waals surface area contributed by atoms with E-state index in [4.69, 9.17) is 9.47 Å². The molecule has 0 fully saturated rings. The Bertz CT molecular complexity index is 1260. The summed E-state index contributed by atoms with van der Waals surface area (Å²) in [6, 6.07) is 18.7. The Morgan fingerprint density at radius 1 is 1.00 bits per heavy atom. The lowest BCUT2D eigenvalue weighted by Crippen LogP contribution is -2.28. The normalized spacial score (nSPS) is 11.4. The fourth-order valence-electron chi connectivity index (χ4n) is 3.39. The Balaban J connectivity index is 1.38. The van der Waals surface area contributed by atoms with Gasteiger partial charge in [-0.15, -0.1) is 15.3 Å². The van der Waals surface area contributed by atoms with Crippen LogP contribution in [0.3, 0.4) is 0 Å². The highest BCUT2D eigenvalue weighted by atomic mass is 16.5. The summed E-state index contributed by atoms with van der Waals surface area (Å²) in [7, 11) is 1.61. The number of hydrogen-bond donors (Lipinski definition) is 1. The molecule has 0 radical (unpaired) electrons. The Labute approximate surface area is 192 Å². The number of ether oxygens (including phenoxy) is 2. The number of benzene rings is 2. The molecule has 0 aliphatic heterocycles. The molecular formula is C25H27N5O3. The summed E-state index contributed by atoms with van der Waals surface area (Å²) in [5.74, 6) is 1.50. The third kappa shape index (κ3) is 4.95. The van der Waals surface area contributed by atoms with Crippen LogP contribution in [-0.2, 0) is 5.41 Å². The minimum Gasteiger partial charge on any atom is -0.496 e. The Kier molecular flexibility index (Phi) is 6.26. The first-order chi connectivity index (χ1) is 15.9. The second-order valence-corrected chi connectivity index (χ2v) is 8.60. The van der Waals surface area contributed by atoms with Gasteiger partial charge in [0.2, 0.25) is 5.88 Å².